The van der Waals surface area contributed by atoms with Gasteiger partial charge in [0.25, 0.3) is 5.60 Å². The fourth-order valence-corrected chi connectivity index (χ4v) is 4.56. The third-order valence-electron chi connectivity index (χ3n) is 3.78. The highest BCUT2D eigenvalue weighted by atomic mass is 32.2. The maximum atomic E-state index is 13.1. The normalized spacial score (nSPS) is 18.1. The van der Waals surface area contributed by atoms with Crippen molar-refractivity contribution in [3.05, 3.63) is 23.8 Å². The van der Waals surface area contributed by atoms with E-state index in [1.54, 1.807) is 0 Å². The fraction of sp³-hybridized carbons (Fsp3) is 0.467. The molecule has 11 heteroatoms. The summed E-state index contributed by atoms with van der Waals surface area (Å²) in [7, 11) is -1.35. The number of benzene rings is 1. The molecule has 0 radical (unpaired) electrons. The van der Waals surface area contributed by atoms with Crippen molar-refractivity contribution in [3.63, 3.8) is 0 Å². The number of halogens is 6. The summed E-state index contributed by atoms with van der Waals surface area (Å²) in [5.41, 5.74) is -6.29. The third kappa shape index (κ3) is 3.54. The molecule has 1 heterocycles. The van der Waals surface area contributed by atoms with Crippen LogP contribution in [-0.4, -0.2) is 40.7 Å². The summed E-state index contributed by atoms with van der Waals surface area (Å²) in [6.45, 7) is 1.44. The summed E-state index contributed by atoms with van der Waals surface area (Å²) >= 11 is 0. The summed E-state index contributed by atoms with van der Waals surface area (Å²) in [4.78, 5) is 23.2. The van der Waals surface area contributed by atoms with Gasteiger partial charge in [-0.15, -0.1) is 0 Å². The summed E-state index contributed by atoms with van der Waals surface area (Å²) in [6, 6.07) is 2.03. The van der Waals surface area contributed by atoms with Crippen LogP contribution in [0.5, 0.6) is 0 Å². The van der Waals surface area contributed by atoms with Gasteiger partial charge in [0.2, 0.25) is 0 Å². The van der Waals surface area contributed by atoms with E-state index in [0.29, 0.717) is 12.1 Å². The summed E-state index contributed by atoms with van der Waals surface area (Å²) in [5, 5.41) is 11.7. The summed E-state index contributed by atoms with van der Waals surface area (Å²) in [5.74, 6) is -0.320. The highest BCUT2D eigenvalue weighted by Gasteiger charge is 2.71. The number of rotatable bonds is 3. The van der Waals surface area contributed by atoms with Gasteiger partial charge in [0.1, 0.15) is 28.9 Å². The van der Waals surface area contributed by atoms with E-state index in [1.165, 1.54) is 0 Å². The first-order valence-electron chi connectivity index (χ1n) is 7.26. The molecule has 0 aromatic heterocycles. The Labute approximate surface area is 146 Å². The molecule has 0 saturated carbocycles. The Morgan fingerprint density at radius 2 is 1.73 bits per heavy atom. The molecule has 0 saturated heterocycles. The monoisotopic (exact) mass is 402 g/mol. The highest BCUT2D eigenvalue weighted by Crippen LogP contribution is 2.51. The summed E-state index contributed by atoms with van der Waals surface area (Å²) in [6.07, 6.45) is -12.5. The molecule has 1 aliphatic rings. The smallest absolute Gasteiger partial charge is 0.376 e. The Bertz CT molecular complexity index is 717. The number of nitrogens with one attached hydrogen (secondary N) is 1. The van der Waals surface area contributed by atoms with Gasteiger partial charge in [0, 0.05) is 11.6 Å². The molecular weight excluding hydrogens is 388 g/mol. The number of Topliss-reactive ketones (excluding diaryl/α,β-unsaturated/α-hetero) is 1. The van der Waals surface area contributed by atoms with E-state index >= 15 is 0 Å². The Kier molecular flexibility index (Phi) is 5.35. The average Bonchev–Trinajstić information content (AvgIpc) is 2.50. The lowest BCUT2D eigenvalue weighted by molar-refractivity contribution is -0.376. The van der Waals surface area contributed by atoms with Gasteiger partial charge in [0.15, 0.2) is 4.90 Å². The lowest BCUT2D eigenvalue weighted by Crippen LogP contribution is -2.54. The van der Waals surface area contributed by atoms with Gasteiger partial charge in [0.05, 0.1) is 12.2 Å². The Hall–Kier alpha value is -1.75. The second-order valence-corrected chi connectivity index (χ2v) is 7.77. The molecule has 1 aromatic carbocycles. The number of fused-ring (bicyclic) bond motifs is 1. The van der Waals surface area contributed by atoms with Crippen molar-refractivity contribution >= 4 is 27.5 Å². The quantitative estimate of drug-likeness (QED) is 0.464. The number of aliphatic hydroxyl groups is 1. The van der Waals surface area contributed by atoms with E-state index in [2.05, 4.69) is 5.32 Å². The molecule has 2 rings (SSSR count). The number of carbonyl (C=O) groups is 2. The predicted octanol–water partition coefficient (Wildman–Crippen LogP) is 2.91. The zero-order valence-corrected chi connectivity index (χ0v) is 14.1. The van der Waals surface area contributed by atoms with Gasteiger partial charge in [-0.3, -0.25) is 4.79 Å². The lowest BCUT2D eigenvalue weighted by atomic mass is 9.92. The lowest BCUT2D eigenvalue weighted by Gasteiger charge is -2.33. The molecule has 0 fully saturated rings. The molecule has 4 nitrogen and oxygen atoms in total. The van der Waals surface area contributed by atoms with Crippen molar-refractivity contribution < 1.29 is 41.0 Å². The van der Waals surface area contributed by atoms with Gasteiger partial charge in [-0.1, -0.05) is 6.07 Å². The van der Waals surface area contributed by atoms with Crippen LogP contribution in [0.25, 0.3) is 0 Å². The van der Waals surface area contributed by atoms with Gasteiger partial charge in [-0.2, -0.15) is 26.3 Å². The second kappa shape index (κ2) is 6.76. The molecular formula is C15H14F6NO3S+. The number of alkyl halides is 6. The topological polar surface area (TPSA) is 66.4 Å². The molecule has 1 aliphatic heterocycles. The van der Waals surface area contributed by atoms with Crippen molar-refractivity contribution in [1.82, 2.24) is 0 Å². The fourth-order valence-electron chi connectivity index (χ4n) is 2.51. The Morgan fingerprint density at radius 3 is 2.23 bits per heavy atom. The van der Waals surface area contributed by atoms with Crippen molar-refractivity contribution in [1.29, 1.82) is 0 Å². The SMILES string of the molecule is CC(=O)CC(=O)[S+]1CCNc2ccc(C(O)(C(F)(F)F)C(F)(F)F)cc21. The van der Waals surface area contributed by atoms with E-state index in [1.807, 2.05) is 0 Å². The molecule has 0 aliphatic carbocycles. The van der Waals surface area contributed by atoms with Crippen LogP contribution in [0.1, 0.15) is 18.9 Å². The minimum atomic E-state index is -6.01. The predicted molar refractivity (Wildman–Crippen MR) is 81.7 cm³/mol. The van der Waals surface area contributed by atoms with E-state index in [4.69, 9.17) is 0 Å². The first kappa shape index (κ1) is 20.6. The van der Waals surface area contributed by atoms with Crippen molar-refractivity contribution in [3.8, 4) is 0 Å². The largest absolute Gasteiger partial charge is 0.430 e. The van der Waals surface area contributed by atoms with E-state index in [0.717, 1.165) is 13.0 Å². The van der Waals surface area contributed by atoms with Crippen LogP contribution >= 0.6 is 0 Å². The van der Waals surface area contributed by atoms with Crippen LogP contribution in [0.2, 0.25) is 0 Å². The molecule has 2 N–H and O–H groups in total. The van der Waals surface area contributed by atoms with Gasteiger partial charge < -0.3 is 10.4 Å². The third-order valence-corrected chi connectivity index (χ3v) is 5.95. The van der Waals surface area contributed by atoms with Crippen LogP contribution in [0.3, 0.4) is 0 Å². The standard InChI is InChI=1S/C15H14F6NO3S/c1-8(23)6-12(24)26-5-4-22-10-3-2-9(7-11(10)26)13(25,14(16,17)18)15(19,20)21/h2-3,7,22,25H,4-6H2,1H3/q+1. The van der Waals surface area contributed by atoms with E-state index in [9.17, 15) is 41.0 Å². The number of carbonyl (C=O) groups excluding carboxylic acids is 2. The Morgan fingerprint density at radius 1 is 1.15 bits per heavy atom. The first-order valence-corrected chi connectivity index (χ1v) is 8.66. The molecule has 1 aromatic rings. The zero-order valence-electron chi connectivity index (χ0n) is 13.3. The maximum Gasteiger partial charge on any atom is 0.430 e. The average molecular weight is 402 g/mol. The minimum Gasteiger partial charge on any atom is -0.376 e. The van der Waals surface area contributed by atoms with Crippen LogP contribution in [-0.2, 0) is 26.1 Å². The van der Waals surface area contributed by atoms with Crippen molar-refractivity contribution in [2.24, 2.45) is 0 Å². The van der Waals surface area contributed by atoms with E-state index in [-0.39, 0.29) is 22.9 Å². The van der Waals surface area contributed by atoms with Gasteiger partial charge in [-0.25, -0.2) is 4.79 Å². The van der Waals surface area contributed by atoms with Crippen molar-refractivity contribution in [2.75, 3.05) is 17.6 Å². The molecule has 144 valence electrons. The Balaban J connectivity index is 2.58. The zero-order chi connectivity index (χ0) is 19.9. The van der Waals surface area contributed by atoms with Crippen molar-refractivity contribution in [2.45, 2.75) is 36.2 Å². The molecule has 0 amide bonds. The number of ketones is 1. The molecule has 1 atom stereocenters. The summed E-state index contributed by atoms with van der Waals surface area (Å²) < 4.78 is 78.3. The maximum absolute atomic E-state index is 13.1. The van der Waals surface area contributed by atoms with E-state index < -0.39 is 51.7 Å². The van der Waals surface area contributed by atoms with Crippen LogP contribution in [0.4, 0.5) is 32.0 Å². The van der Waals surface area contributed by atoms with Crippen LogP contribution < -0.4 is 5.32 Å². The van der Waals surface area contributed by atoms with Gasteiger partial charge >= 0.3 is 17.5 Å². The number of hydrogen-bond acceptors (Lipinski definition) is 4. The second-order valence-electron chi connectivity index (χ2n) is 5.69. The molecule has 1 unspecified atom stereocenters. The minimum absolute atomic E-state index is 0.0769. The number of anilines is 1. The van der Waals surface area contributed by atoms with Crippen LogP contribution in [0, 0.1) is 0 Å². The first-order chi connectivity index (χ1) is 11.8. The molecule has 26 heavy (non-hydrogen) atoms. The molecule has 0 spiro atoms. The van der Waals surface area contributed by atoms with Crippen LogP contribution in [0.15, 0.2) is 23.1 Å². The highest BCUT2D eigenvalue weighted by molar-refractivity contribution is 8.11. The molecule has 0 bridgehead atoms. The number of hydrogen-bond donors (Lipinski definition) is 2. The van der Waals surface area contributed by atoms with Gasteiger partial charge in [-0.05, 0) is 13.0 Å².